The number of ether oxygens (including phenoxy) is 1. The Labute approximate surface area is 97.8 Å². The predicted octanol–water partition coefficient (Wildman–Crippen LogP) is 2.24. The molecule has 2 rings (SSSR count). The van der Waals surface area contributed by atoms with E-state index in [4.69, 9.17) is 4.74 Å². The van der Waals surface area contributed by atoms with Gasteiger partial charge in [-0.25, -0.2) is 4.98 Å². The second kappa shape index (κ2) is 4.44. The number of nitrogens with one attached hydrogen (secondary N) is 1. The number of halogens is 1. The van der Waals surface area contributed by atoms with E-state index in [2.05, 4.69) is 31.4 Å². The van der Waals surface area contributed by atoms with E-state index in [1.54, 1.807) is 6.20 Å². The number of rotatable bonds is 3. The van der Waals surface area contributed by atoms with Gasteiger partial charge in [-0.15, -0.1) is 0 Å². The maximum Gasteiger partial charge on any atom is 0.213 e. The Morgan fingerprint density at radius 2 is 2.36 bits per heavy atom. The summed E-state index contributed by atoms with van der Waals surface area (Å²) >= 11 is 2.19. The Balaban J connectivity index is 1.87. The van der Waals surface area contributed by atoms with E-state index in [0.717, 1.165) is 18.7 Å². The van der Waals surface area contributed by atoms with Crippen molar-refractivity contribution in [3.05, 3.63) is 23.9 Å². The molecule has 3 nitrogen and oxygen atoms in total. The summed E-state index contributed by atoms with van der Waals surface area (Å²) in [4.78, 5) is 4.17. The van der Waals surface area contributed by atoms with Crippen molar-refractivity contribution in [1.29, 1.82) is 0 Å². The molecule has 0 atom stereocenters. The average molecular weight is 304 g/mol. The van der Waals surface area contributed by atoms with E-state index in [9.17, 15) is 0 Å². The highest BCUT2D eigenvalue weighted by Crippen LogP contribution is 2.25. The molecule has 1 heterocycles. The van der Waals surface area contributed by atoms with Gasteiger partial charge in [0.2, 0.25) is 5.88 Å². The lowest BCUT2D eigenvalue weighted by atomic mass is 9.90. The molecule has 1 aromatic heterocycles. The number of aromatic nitrogens is 1. The number of nitrogens with zero attached hydrogens (tertiary/aromatic N) is 1. The predicted molar refractivity (Wildman–Crippen MR) is 63.6 cm³/mol. The standard InChI is InChI=1S/C10H13IN2O/c1-7-2-3-12-10(4-7)14-9-5-8(6-9)13-11/h2-4,8-9,13H,5-6H2,1H3/t8-,9-. The molecule has 14 heavy (non-hydrogen) atoms. The van der Waals surface area contributed by atoms with Gasteiger partial charge in [0.05, 0.1) is 0 Å². The molecule has 0 aliphatic heterocycles. The Kier molecular flexibility index (Phi) is 3.22. The largest absolute Gasteiger partial charge is 0.474 e. The van der Waals surface area contributed by atoms with Gasteiger partial charge < -0.3 is 4.74 Å². The molecule has 1 N–H and O–H groups in total. The highest BCUT2D eigenvalue weighted by molar-refractivity contribution is 14.1. The van der Waals surface area contributed by atoms with Crippen molar-refractivity contribution >= 4 is 22.9 Å². The first-order chi connectivity index (χ1) is 6.78. The fourth-order valence-corrected chi connectivity index (χ4v) is 2.00. The van der Waals surface area contributed by atoms with Crippen molar-refractivity contribution in [3.63, 3.8) is 0 Å². The van der Waals surface area contributed by atoms with Crippen LogP contribution in [0.25, 0.3) is 0 Å². The van der Waals surface area contributed by atoms with Crippen molar-refractivity contribution in [3.8, 4) is 5.88 Å². The molecule has 0 bridgehead atoms. The summed E-state index contributed by atoms with van der Waals surface area (Å²) in [5.74, 6) is 0.752. The van der Waals surface area contributed by atoms with E-state index in [1.807, 2.05) is 19.1 Å². The zero-order valence-corrected chi connectivity index (χ0v) is 10.2. The van der Waals surface area contributed by atoms with Crippen LogP contribution in [0, 0.1) is 6.92 Å². The van der Waals surface area contributed by atoms with Gasteiger partial charge in [-0.1, -0.05) is 0 Å². The van der Waals surface area contributed by atoms with Crippen LogP contribution in [0.5, 0.6) is 5.88 Å². The lowest BCUT2D eigenvalue weighted by Gasteiger charge is -2.33. The highest BCUT2D eigenvalue weighted by atomic mass is 127. The van der Waals surface area contributed by atoms with Crippen LogP contribution in [-0.4, -0.2) is 17.1 Å². The van der Waals surface area contributed by atoms with E-state index >= 15 is 0 Å². The molecule has 1 aromatic rings. The molecule has 4 heteroatoms. The summed E-state index contributed by atoms with van der Waals surface area (Å²) in [6.07, 6.45) is 4.30. The van der Waals surface area contributed by atoms with Crippen LogP contribution in [-0.2, 0) is 0 Å². The first-order valence-corrected chi connectivity index (χ1v) is 5.81. The topological polar surface area (TPSA) is 34.1 Å². The van der Waals surface area contributed by atoms with Gasteiger partial charge >= 0.3 is 0 Å². The first kappa shape index (κ1) is 10.2. The van der Waals surface area contributed by atoms with E-state index < -0.39 is 0 Å². The fourth-order valence-electron chi connectivity index (χ4n) is 1.49. The minimum Gasteiger partial charge on any atom is -0.474 e. The Bertz CT molecular complexity index is 313. The van der Waals surface area contributed by atoms with E-state index in [0.29, 0.717) is 12.1 Å². The van der Waals surface area contributed by atoms with Gasteiger partial charge in [0.15, 0.2) is 0 Å². The monoisotopic (exact) mass is 304 g/mol. The molecule has 1 saturated carbocycles. The van der Waals surface area contributed by atoms with Gasteiger partial charge in [-0.05, 0) is 18.6 Å². The molecule has 0 spiro atoms. The average Bonchev–Trinajstić information content (AvgIpc) is 2.10. The molecular weight excluding hydrogens is 291 g/mol. The molecule has 0 radical (unpaired) electrons. The normalized spacial score (nSPS) is 25.6. The maximum atomic E-state index is 5.71. The smallest absolute Gasteiger partial charge is 0.213 e. The molecule has 1 fully saturated rings. The quantitative estimate of drug-likeness (QED) is 0.687. The molecule has 1 aliphatic carbocycles. The van der Waals surface area contributed by atoms with Crippen molar-refractivity contribution in [1.82, 2.24) is 8.51 Å². The van der Waals surface area contributed by atoms with Crippen LogP contribution in [0.4, 0.5) is 0 Å². The Morgan fingerprint density at radius 3 is 3.00 bits per heavy atom. The van der Waals surface area contributed by atoms with Crippen molar-refractivity contribution in [2.45, 2.75) is 31.9 Å². The molecule has 0 aromatic carbocycles. The maximum absolute atomic E-state index is 5.71. The van der Waals surface area contributed by atoms with Crippen LogP contribution < -0.4 is 8.27 Å². The van der Waals surface area contributed by atoms with E-state index in [-0.39, 0.29) is 0 Å². The lowest BCUT2D eigenvalue weighted by molar-refractivity contribution is 0.0924. The second-order valence-corrected chi connectivity index (χ2v) is 4.31. The molecular formula is C10H13IN2O. The minimum absolute atomic E-state index is 0.344. The third-order valence-electron chi connectivity index (χ3n) is 2.43. The van der Waals surface area contributed by atoms with Crippen LogP contribution in [0.15, 0.2) is 18.3 Å². The second-order valence-electron chi connectivity index (χ2n) is 3.69. The SMILES string of the molecule is Cc1ccnc(O[C@H]2C[C@H](NI)C2)c1. The highest BCUT2D eigenvalue weighted by Gasteiger charge is 2.30. The summed E-state index contributed by atoms with van der Waals surface area (Å²) in [5.41, 5.74) is 1.19. The Hall–Kier alpha value is -0.360. The third kappa shape index (κ3) is 2.36. The summed E-state index contributed by atoms with van der Waals surface area (Å²) in [6.45, 7) is 2.05. The molecule has 0 saturated heterocycles. The van der Waals surface area contributed by atoms with Crippen LogP contribution in [0.3, 0.4) is 0 Å². The van der Waals surface area contributed by atoms with Gasteiger partial charge in [0.25, 0.3) is 0 Å². The van der Waals surface area contributed by atoms with Crippen molar-refractivity contribution in [2.75, 3.05) is 0 Å². The van der Waals surface area contributed by atoms with Crippen LogP contribution in [0.2, 0.25) is 0 Å². The van der Waals surface area contributed by atoms with Crippen LogP contribution >= 0.6 is 22.9 Å². The first-order valence-electron chi connectivity index (χ1n) is 4.73. The number of hydrogen-bond acceptors (Lipinski definition) is 3. The zero-order valence-electron chi connectivity index (χ0n) is 8.03. The van der Waals surface area contributed by atoms with E-state index in [1.165, 1.54) is 5.56 Å². The fraction of sp³-hybridized carbons (Fsp3) is 0.500. The summed E-state index contributed by atoms with van der Waals surface area (Å²) < 4.78 is 8.91. The summed E-state index contributed by atoms with van der Waals surface area (Å²) in [5, 5.41) is 0. The molecule has 1 aliphatic rings. The van der Waals surface area contributed by atoms with Gasteiger partial charge in [-0.3, -0.25) is 3.53 Å². The summed E-state index contributed by atoms with van der Waals surface area (Å²) in [6, 6.07) is 4.57. The van der Waals surface area contributed by atoms with Crippen molar-refractivity contribution in [2.24, 2.45) is 0 Å². The third-order valence-corrected chi connectivity index (χ3v) is 3.31. The minimum atomic E-state index is 0.344. The van der Waals surface area contributed by atoms with Gasteiger partial charge in [0, 0.05) is 54.0 Å². The van der Waals surface area contributed by atoms with Crippen LogP contribution in [0.1, 0.15) is 18.4 Å². The lowest BCUT2D eigenvalue weighted by Crippen LogP contribution is -2.43. The van der Waals surface area contributed by atoms with Gasteiger partial charge in [-0.2, -0.15) is 0 Å². The molecule has 0 amide bonds. The molecule has 76 valence electrons. The number of aryl methyl sites for hydroxylation is 1. The summed E-state index contributed by atoms with van der Waals surface area (Å²) in [7, 11) is 0. The van der Waals surface area contributed by atoms with Crippen molar-refractivity contribution < 1.29 is 4.74 Å². The molecule has 0 unspecified atom stereocenters. The zero-order chi connectivity index (χ0) is 9.97. The van der Waals surface area contributed by atoms with Gasteiger partial charge in [0.1, 0.15) is 6.10 Å². The number of pyridine rings is 1. The Morgan fingerprint density at radius 1 is 1.57 bits per heavy atom. The number of hydrogen-bond donors (Lipinski definition) is 1.